The van der Waals surface area contributed by atoms with Crippen LogP contribution in [0.15, 0.2) is 12.1 Å². The monoisotopic (exact) mass is 290 g/mol. The van der Waals surface area contributed by atoms with E-state index in [4.69, 9.17) is 4.74 Å². The summed E-state index contributed by atoms with van der Waals surface area (Å²) in [5.41, 5.74) is 0. The Labute approximate surface area is 125 Å². The Bertz CT molecular complexity index is 497. The van der Waals surface area contributed by atoms with Gasteiger partial charge in [-0.3, -0.25) is 4.79 Å². The number of aromatic nitrogens is 2. The van der Waals surface area contributed by atoms with Gasteiger partial charge in [-0.25, -0.2) is 0 Å². The summed E-state index contributed by atoms with van der Waals surface area (Å²) < 4.78 is 5.29. The molecule has 0 spiro atoms. The summed E-state index contributed by atoms with van der Waals surface area (Å²) in [6.07, 6.45) is 1.06. The average molecular weight is 290 g/mol. The molecule has 2 fully saturated rings. The Balaban J connectivity index is 1.54. The minimum atomic E-state index is 0.279. The van der Waals surface area contributed by atoms with Crippen LogP contribution >= 0.6 is 0 Å². The lowest BCUT2D eigenvalue weighted by molar-refractivity contribution is -0.133. The lowest BCUT2D eigenvalue weighted by atomic mass is 10.2. The highest BCUT2D eigenvalue weighted by molar-refractivity contribution is 5.81. The average Bonchev–Trinajstić information content (AvgIpc) is 3.25. The van der Waals surface area contributed by atoms with Crippen LogP contribution in [0.25, 0.3) is 0 Å². The molecule has 2 aliphatic rings. The Morgan fingerprint density at radius 3 is 2.52 bits per heavy atom. The van der Waals surface area contributed by atoms with Crippen molar-refractivity contribution in [2.45, 2.75) is 20.3 Å². The van der Waals surface area contributed by atoms with Gasteiger partial charge in [0.25, 0.3) is 0 Å². The smallest absolute Gasteiger partial charge is 0.233 e. The van der Waals surface area contributed by atoms with E-state index in [0.717, 1.165) is 38.4 Å². The van der Waals surface area contributed by atoms with Gasteiger partial charge in [0.15, 0.2) is 5.82 Å². The van der Waals surface area contributed by atoms with Crippen LogP contribution < -0.4 is 9.64 Å². The molecule has 3 rings (SSSR count). The van der Waals surface area contributed by atoms with Crippen LogP contribution in [0.4, 0.5) is 5.82 Å². The summed E-state index contributed by atoms with van der Waals surface area (Å²) >= 11 is 0. The van der Waals surface area contributed by atoms with E-state index < -0.39 is 0 Å². The number of ether oxygens (including phenoxy) is 1. The standard InChI is InChI=1S/C15H22N4O2/c1-3-21-14-5-4-13(16-17-14)18-6-8-19(9-7-18)15(20)12-10-11(12)2/h4-5,11-12H,3,6-10H2,1-2H3. The second kappa shape index (κ2) is 5.87. The molecule has 2 unspecified atom stereocenters. The van der Waals surface area contributed by atoms with E-state index >= 15 is 0 Å². The summed E-state index contributed by atoms with van der Waals surface area (Å²) in [7, 11) is 0. The number of rotatable bonds is 4. The fraction of sp³-hybridized carbons (Fsp3) is 0.667. The highest BCUT2D eigenvalue weighted by Gasteiger charge is 2.41. The Morgan fingerprint density at radius 2 is 2.00 bits per heavy atom. The summed E-state index contributed by atoms with van der Waals surface area (Å²) in [5, 5.41) is 8.25. The molecule has 1 aliphatic heterocycles. The molecule has 2 heterocycles. The molecule has 0 N–H and O–H groups in total. The van der Waals surface area contributed by atoms with Gasteiger partial charge >= 0.3 is 0 Å². The normalized spacial score (nSPS) is 24.9. The molecule has 1 amide bonds. The first-order chi connectivity index (χ1) is 10.2. The van der Waals surface area contributed by atoms with E-state index in [0.29, 0.717) is 24.3 Å². The van der Waals surface area contributed by atoms with Crippen molar-refractivity contribution >= 4 is 11.7 Å². The number of amides is 1. The number of hydrogen-bond donors (Lipinski definition) is 0. The SMILES string of the molecule is CCOc1ccc(N2CCN(C(=O)C3CC3C)CC2)nn1. The molecule has 114 valence electrons. The molecule has 1 aromatic heterocycles. The third kappa shape index (κ3) is 3.09. The molecule has 6 heteroatoms. The van der Waals surface area contributed by atoms with Crippen molar-refractivity contribution in [2.24, 2.45) is 11.8 Å². The van der Waals surface area contributed by atoms with Gasteiger partial charge in [0, 0.05) is 38.2 Å². The number of nitrogens with zero attached hydrogens (tertiary/aromatic N) is 4. The zero-order chi connectivity index (χ0) is 14.8. The van der Waals surface area contributed by atoms with Crippen molar-refractivity contribution in [1.82, 2.24) is 15.1 Å². The molecular formula is C15H22N4O2. The zero-order valence-electron chi connectivity index (χ0n) is 12.7. The number of carbonyl (C=O) groups excluding carboxylic acids is 1. The first-order valence-corrected chi connectivity index (χ1v) is 7.69. The lowest BCUT2D eigenvalue weighted by Gasteiger charge is -2.35. The van der Waals surface area contributed by atoms with Crippen molar-refractivity contribution in [3.05, 3.63) is 12.1 Å². The van der Waals surface area contributed by atoms with Crippen molar-refractivity contribution < 1.29 is 9.53 Å². The van der Waals surface area contributed by atoms with Crippen LogP contribution in [-0.4, -0.2) is 53.8 Å². The van der Waals surface area contributed by atoms with Gasteiger partial charge in [0.1, 0.15) is 0 Å². The van der Waals surface area contributed by atoms with Crippen LogP contribution in [0.3, 0.4) is 0 Å². The van der Waals surface area contributed by atoms with E-state index in [2.05, 4.69) is 22.0 Å². The Morgan fingerprint density at radius 1 is 1.29 bits per heavy atom. The second-order valence-corrected chi connectivity index (χ2v) is 5.79. The number of piperazine rings is 1. The first kappa shape index (κ1) is 14.1. The van der Waals surface area contributed by atoms with Crippen LogP contribution in [0, 0.1) is 11.8 Å². The highest BCUT2D eigenvalue weighted by Crippen LogP contribution is 2.39. The molecule has 21 heavy (non-hydrogen) atoms. The van der Waals surface area contributed by atoms with E-state index in [1.54, 1.807) is 0 Å². The highest BCUT2D eigenvalue weighted by atomic mass is 16.5. The second-order valence-electron chi connectivity index (χ2n) is 5.79. The molecule has 0 radical (unpaired) electrons. The minimum absolute atomic E-state index is 0.279. The summed E-state index contributed by atoms with van der Waals surface area (Å²) in [5.74, 6) is 2.59. The molecule has 1 aliphatic carbocycles. The summed E-state index contributed by atoms with van der Waals surface area (Å²) in [6, 6.07) is 3.77. The Hall–Kier alpha value is -1.85. The minimum Gasteiger partial charge on any atom is -0.477 e. The first-order valence-electron chi connectivity index (χ1n) is 7.69. The maximum Gasteiger partial charge on any atom is 0.233 e. The molecule has 0 bridgehead atoms. The third-order valence-corrected chi connectivity index (χ3v) is 4.26. The fourth-order valence-electron chi connectivity index (χ4n) is 2.76. The molecule has 1 saturated carbocycles. The fourth-order valence-corrected chi connectivity index (χ4v) is 2.76. The number of carbonyl (C=O) groups is 1. The van der Waals surface area contributed by atoms with Gasteiger partial charge in [0.2, 0.25) is 11.8 Å². The predicted octanol–water partition coefficient (Wildman–Crippen LogP) is 1.18. The summed E-state index contributed by atoms with van der Waals surface area (Å²) in [6.45, 7) is 7.84. The number of anilines is 1. The number of hydrogen-bond acceptors (Lipinski definition) is 5. The van der Waals surface area contributed by atoms with Gasteiger partial charge < -0.3 is 14.5 Å². The molecular weight excluding hydrogens is 268 g/mol. The lowest BCUT2D eigenvalue weighted by Crippen LogP contribution is -2.49. The molecule has 1 aromatic rings. The predicted molar refractivity (Wildman–Crippen MR) is 79.3 cm³/mol. The van der Waals surface area contributed by atoms with Crippen molar-refractivity contribution in [3.63, 3.8) is 0 Å². The van der Waals surface area contributed by atoms with E-state index in [9.17, 15) is 4.79 Å². The van der Waals surface area contributed by atoms with Crippen LogP contribution in [0.1, 0.15) is 20.3 Å². The maximum absolute atomic E-state index is 12.2. The van der Waals surface area contributed by atoms with Crippen molar-refractivity contribution in [1.29, 1.82) is 0 Å². The van der Waals surface area contributed by atoms with E-state index in [1.165, 1.54) is 0 Å². The molecule has 1 saturated heterocycles. The zero-order valence-corrected chi connectivity index (χ0v) is 12.7. The van der Waals surface area contributed by atoms with E-state index in [1.807, 2.05) is 24.0 Å². The van der Waals surface area contributed by atoms with Gasteiger partial charge in [-0.05, 0) is 25.3 Å². The third-order valence-electron chi connectivity index (χ3n) is 4.26. The van der Waals surface area contributed by atoms with Gasteiger partial charge in [-0.2, -0.15) is 0 Å². The quantitative estimate of drug-likeness (QED) is 0.833. The van der Waals surface area contributed by atoms with Crippen LogP contribution in [0.2, 0.25) is 0 Å². The maximum atomic E-state index is 12.2. The summed E-state index contributed by atoms with van der Waals surface area (Å²) in [4.78, 5) is 16.4. The Kier molecular flexibility index (Phi) is 3.94. The van der Waals surface area contributed by atoms with Crippen LogP contribution in [0.5, 0.6) is 5.88 Å². The van der Waals surface area contributed by atoms with Crippen LogP contribution in [-0.2, 0) is 4.79 Å². The van der Waals surface area contributed by atoms with Gasteiger partial charge in [-0.1, -0.05) is 6.92 Å². The molecule has 2 atom stereocenters. The van der Waals surface area contributed by atoms with Crippen molar-refractivity contribution in [3.8, 4) is 5.88 Å². The van der Waals surface area contributed by atoms with E-state index in [-0.39, 0.29) is 5.92 Å². The molecule has 6 nitrogen and oxygen atoms in total. The largest absolute Gasteiger partial charge is 0.477 e. The van der Waals surface area contributed by atoms with Gasteiger partial charge in [-0.15, -0.1) is 10.2 Å². The van der Waals surface area contributed by atoms with Gasteiger partial charge in [0.05, 0.1) is 6.61 Å². The van der Waals surface area contributed by atoms with Crippen molar-refractivity contribution in [2.75, 3.05) is 37.7 Å². The molecule has 0 aromatic carbocycles. The topological polar surface area (TPSA) is 58.6 Å².